The molecule has 0 N–H and O–H groups in total. The van der Waals surface area contributed by atoms with E-state index in [4.69, 9.17) is 0 Å². The molecule has 0 heterocycles. The Morgan fingerprint density at radius 1 is 1.50 bits per heavy atom. The SMILES string of the molecule is O=[SH]Oc1cccc([N+](=O)[O-])c1. The maximum Gasteiger partial charge on any atom is 0.273 e. The molecule has 0 aliphatic carbocycles. The van der Waals surface area contributed by atoms with Crippen LogP contribution < -0.4 is 4.18 Å². The van der Waals surface area contributed by atoms with Crippen LogP contribution >= 0.6 is 0 Å². The minimum atomic E-state index is -0.547. The van der Waals surface area contributed by atoms with E-state index in [9.17, 15) is 14.3 Å². The van der Waals surface area contributed by atoms with E-state index in [0.29, 0.717) is 0 Å². The van der Waals surface area contributed by atoms with Crippen molar-refractivity contribution >= 4 is 17.6 Å². The summed E-state index contributed by atoms with van der Waals surface area (Å²) >= 11 is -0.522. The molecule has 0 radical (unpaired) electrons. The topological polar surface area (TPSA) is 69.4 Å². The highest BCUT2D eigenvalue weighted by molar-refractivity contribution is 7.60. The molecule has 0 saturated carbocycles. The van der Waals surface area contributed by atoms with Crippen molar-refractivity contribution in [3.63, 3.8) is 0 Å². The molecule has 0 saturated heterocycles. The average Bonchev–Trinajstić information content (AvgIpc) is 2.05. The Morgan fingerprint density at radius 2 is 2.25 bits per heavy atom. The molecule has 0 aromatic heterocycles. The van der Waals surface area contributed by atoms with Crippen molar-refractivity contribution in [3.8, 4) is 5.75 Å². The second kappa shape index (κ2) is 3.82. The molecule has 1 aromatic rings. The van der Waals surface area contributed by atoms with Crippen LogP contribution in [-0.4, -0.2) is 9.13 Å². The van der Waals surface area contributed by atoms with Gasteiger partial charge in [-0.2, -0.15) is 0 Å². The molecule has 64 valence electrons. The Balaban J connectivity index is 2.95. The van der Waals surface area contributed by atoms with Gasteiger partial charge in [0, 0.05) is 6.07 Å². The summed E-state index contributed by atoms with van der Waals surface area (Å²) in [4.78, 5) is 9.68. The molecule has 0 bridgehead atoms. The molecule has 0 aliphatic heterocycles. The number of thiol groups is 1. The van der Waals surface area contributed by atoms with Crippen molar-refractivity contribution in [3.05, 3.63) is 34.4 Å². The van der Waals surface area contributed by atoms with Crippen LogP contribution in [-0.2, 0) is 11.9 Å². The molecule has 0 amide bonds. The minimum absolute atomic E-state index is 0.0869. The lowest BCUT2D eigenvalue weighted by molar-refractivity contribution is -0.384. The summed E-state index contributed by atoms with van der Waals surface area (Å²) in [6.45, 7) is 0. The number of nitrogens with zero attached hydrogens (tertiary/aromatic N) is 1. The fourth-order valence-corrected chi connectivity index (χ4v) is 0.897. The highest BCUT2D eigenvalue weighted by atomic mass is 32.2. The van der Waals surface area contributed by atoms with Crippen LogP contribution in [0, 0.1) is 10.1 Å². The summed E-state index contributed by atoms with van der Waals surface area (Å²) < 4.78 is 14.5. The number of hydrogen-bond acceptors (Lipinski definition) is 4. The van der Waals surface area contributed by atoms with Crippen molar-refractivity contribution in [1.82, 2.24) is 0 Å². The van der Waals surface area contributed by atoms with Crippen LogP contribution in [0.25, 0.3) is 0 Å². The largest absolute Gasteiger partial charge is 0.402 e. The summed E-state index contributed by atoms with van der Waals surface area (Å²) in [7, 11) is 0. The molecule has 0 aliphatic rings. The van der Waals surface area contributed by atoms with Crippen LogP contribution in [0.1, 0.15) is 0 Å². The van der Waals surface area contributed by atoms with Crippen LogP contribution in [0.15, 0.2) is 24.3 Å². The van der Waals surface area contributed by atoms with E-state index in [1.165, 1.54) is 24.3 Å². The van der Waals surface area contributed by atoms with E-state index < -0.39 is 16.9 Å². The van der Waals surface area contributed by atoms with Gasteiger partial charge in [0.05, 0.1) is 11.0 Å². The summed E-state index contributed by atoms with van der Waals surface area (Å²) in [6, 6.07) is 5.47. The monoisotopic (exact) mass is 187 g/mol. The van der Waals surface area contributed by atoms with Gasteiger partial charge < -0.3 is 4.18 Å². The maximum atomic E-state index is 10.2. The fourth-order valence-electron chi connectivity index (χ4n) is 0.697. The van der Waals surface area contributed by atoms with Crippen LogP contribution in [0.2, 0.25) is 0 Å². The van der Waals surface area contributed by atoms with Gasteiger partial charge in [0.15, 0.2) is 11.9 Å². The Hall–Kier alpha value is -1.43. The van der Waals surface area contributed by atoms with Crippen molar-refractivity contribution in [2.75, 3.05) is 0 Å². The van der Waals surface area contributed by atoms with Gasteiger partial charge in [-0.25, -0.2) is 4.21 Å². The van der Waals surface area contributed by atoms with Crippen molar-refractivity contribution < 1.29 is 13.3 Å². The lowest BCUT2D eigenvalue weighted by atomic mass is 10.3. The quantitative estimate of drug-likeness (QED) is 0.432. The Labute approximate surface area is 71.8 Å². The number of nitro groups is 1. The number of hydrogen-bond donors (Lipinski definition) is 1. The van der Waals surface area contributed by atoms with Crippen molar-refractivity contribution in [1.29, 1.82) is 0 Å². The second-order valence-electron chi connectivity index (χ2n) is 1.92. The van der Waals surface area contributed by atoms with E-state index in [-0.39, 0.29) is 11.4 Å². The molecular formula is C6H5NO4S. The highest BCUT2D eigenvalue weighted by Gasteiger charge is 2.05. The third kappa shape index (κ3) is 2.03. The predicted molar refractivity (Wildman–Crippen MR) is 43.3 cm³/mol. The summed E-state index contributed by atoms with van der Waals surface area (Å²) in [5.74, 6) is 0.209. The number of benzene rings is 1. The first-order chi connectivity index (χ1) is 5.74. The first-order valence-electron chi connectivity index (χ1n) is 2.98. The molecule has 1 rings (SSSR count). The third-order valence-electron chi connectivity index (χ3n) is 1.17. The van der Waals surface area contributed by atoms with Gasteiger partial charge in [-0.3, -0.25) is 10.1 Å². The van der Waals surface area contributed by atoms with E-state index >= 15 is 0 Å². The molecule has 0 spiro atoms. The fraction of sp³-hybridized carbons (Fsp3) is 0. The van der Waals surface area contributed by atoms with Gasteiger partial charge in [0.25, 0.3) is 5.69 Å². The maximum absolute atomic E-state index is 10.2. The number of rotatable bonds is 3. The standard InChI is InChI=1S/C6H5NO4S/c8-7(9)5-2-1-3-6(4-5)11-12-10/h1-4,12H. The molecule has 6 heteroatoms. The molecule has 1 aromatic carbocycles. The Kier molecular flexibility index (Phi) is 2.76. The van der Waals surface area contributed by atoms with Gasteiger partial charge in [-0.15, -0.1) is 0 Å². The Bertz CT molecular complexity index is 314. The Morgan fingerprint density at radius 3 is 2.83 bits per heavy atom. The van der Waals surface area contributed by atoms with Gasteiger partial charge in [0.2, 0.25) is 0 Å². The molecule has 0 atom stereocenters. The minimum Gasteiger partial charge on any atom is -0.402 e. The number of nitro benzene ring substituents is 1. The summed E-state index contributed by atoms with van der Waals surface area (Å²) in [5, 5.41) is 10.2. The van der Waals surface area contributed by atoms with E-state index in [1.54, 1.807) is 0 Å². The first kappa shape index (κ1) is 8.66. The van der Waals surface area contributed by atoms with Crippen molar-refractivity contribution in [2.45, 2.75) is 0 Å². The smallest absolute Gasteiger partial charge is 0.273 e. The van der Waals surface area contributed by atoms with E-state index in [1.807, 2.05) is 0 Å². The molecule has 0 fully saturated rings. The van der Waals surface area contributed by atoms with Crippen molar-refractivity contribution in [2.24, 2.45) is 0 Å². The van der Waals surface area contributed by atoms with Crippen LogP contribution in [0.3, 0.4) is 0 Å². The zero-order valence-corrected chi connectivity index (χ0v) is 6.73. The molecule has 12 heavy (non-hydrogen) atoms. The van der Waals surface area contributed by atoms with Crippen LogP contribution in [0.5, 0.6) is 5.75 Å². The van der Waals surface area contributed by atoms with E-state index in [2.05, 4.69) is 4.18 Å². The highest BCUT2D eigenvalue weighted by Crippen LogP contribution is 2.18. The number of non-ortho nitro benzene ring substituents is 1. The summed E-state index contributed by atoms with van der Waals surface area (Å²) in [5.41, 5.74) is -0.0869. The van der Waals surface area contributed by atoms with Gasteiger partial charge >= 0.3 is 0 Å². The van der Waals surface area contributed by atoms with Crippen LogP contribution in [0.4, 0.5) is 5.69 Å². The third-order valence-corrected chi connectivity index (χ3v) is 1.46. The van der Waals surface area contributed by atoms with Gasteiger partial charge in [-0.05, 0) is 6.07 Å². The normalized spacial score (nSPS) is 9.33. The lowest BCUT2D eigenvalue weighted by Gasteiger charge is -1.95. The molecule has 0 unspecified atom stereocenters. The van der Waals surface area contributed by atoms with Gasteiger partial charge in [0.1, 0.15) is 5.75 Å². The zero-order chi connectivity index (χ0) is 8.97. The predicted octanol–water partition coefficient (Wildman–Crippen LogP) is 0.834. The lowest BCUT2D eigenvalue weighted by Crippen LogP contribution is -1.89. The van der Waals surface area contributed by atoms with Gasteiger partial charge in [-0.1, -0.05) is 6.07 Å². The average molecular weight is 187 g/mol. The summed E-state index contributed by atoms with van der Waals surface area (Å²) in [6.07, 6.45) is 0. The molecule has 5 nitrogen and oxygen atoms in total. The second-order valence-corrected chi connectivity index (χ2v) is 2.25. The van der Waals surface area contributed by atoms with E-state index in [0.717, 1.165) is 0 Å². The zero-order valence-electron chi connectivity index (χ0n) is 5.84. The molecular weight excluding hydrogens is 182 g/mol. The first-order valence-corrected chi connectivity index (χ1v) is 3.71.